The molecule has 8 heteroatoms. The molecule has 1 heterocycles. The molecule has 7 nitrogen and oxygen atoms in total. The van der Waals surface area contributed by atoms with Crippen LogP contribution in [-0.4, -0.2) is 39.9 Å². The van der Waals surface area contributed by atoms with Crippen LogP contribution in [0.2, 0.25) is 0 Å². The fourth-order valence-electron chi connectivity index (χ4n) is 2.99. The van der Waals surface area contributed by atoms with Crippen LogP contribution in [0.25, 0.3) is 0 Å². The molecule has 0 fully saturated rings. The normalized spacial score (nSPS) is 13.0. The van der Waals surface area contributed by atoms with Gasteiger partial charge in [-0.25, -0.2) is 4.99 Å². The zero-order chi connectivity index (χ0) is 20.5. The summed E-state index contributed by atoms with van der Waals surface area (Å²) in [6.07, 6.45) is 0.896. The first-order chi connectivity index (χ1) is 14.2. The molecule has 164 valence electrons. The van der Waals surface area contributed by atoms with Crippen LogP contribution in [0.3, 0.4) is 0 Å². The van der Waals surface area contributed by atoms with Gasteiger partial charge in [-0.1, -0.05) is 12.1 Å². The van der Waals surface area contributed by atoms with Crippen molar-refractivity contribution in [1.29, 1.82) is 0 Å². The van der Waals surface area contributed by atoms with E-state index < -0.39 is 0 Å². The number of fused-ring (bicyclic) bond motifs is 1. The van der Waals surface area contributed by atoms with Crippen molar-refractivity contribution in [2.75, 3.05) is 34.0 Å². The monoisotopic (exact) mass is 527 g/mol. The van der Waals surface area contributed by atoms with Crippen LogP contribution in [0, 0.1) is 0 Å². The van der Waals surface area contributed by atoms with Gasteiger partial charge in [0.05, 0.1) is 34.0 Å². The summed E-state index contributed by atoms with van der Waals surface area (Å²) in [5.74, 6) is 3.76. The van der Waals surface area contributed by atoms with Gasteiger partial charge in [-0.05, 0) is 42.3 Å². The molecule has 0 saturated heterocycles. The average molecular weight is 527 g/mol. The largest absolute Gasteiger partial charge is 0.493 e. The van der Waals surface area contributed by atoms with Gasteiger partial charge in [0.25, 0.3) is 0 Å². The summed E-state index contributed by atoms with van der Waals surface area (Å²) in [6, 6.07) is 11.8. The predicted molar refractivity (Wildman–Crippen MR) is 129 cm³/mol. The van der Waals surface area contributed by atoms with Crippen molar-refractivity contribution in [2.45, 2.75) is 26.4 Å². The highest BCUT2D eigenvalue weighted by molar-refractivity contribution is 14.0. The van der Waals surface area contributed by atoms with Gasteiger partial charge < -0.3 is 29.6 Å². The fourth-order valence-corrected chi connectivity index (χ4v) is 2.99. The Bertz CT molecular complexity index is 845. The van der Waals surface area contributed by atoms with Crippen molar-refractivity contribution in [3.05, 3.63) is 47.5 Å². The molecule has 3 rings (SSSR count). The number of halogens is 1. The van der Waals surface area contributed by atoms with Crippen LogP contribution in [0.1, 0.15) is 24.5 Å². The minimum Gasteiger partial charge on any atom is -0.493 e. The second-order valence-electron chi connectivity index (χ2n) is 6.57. The van der Waals surface area contributed by atoms with E-state index >= 15 is 0 Å². The van der Waals surface area contributed by atoms with E-state index in [4.69, 9.17) is 18.9 Å². The van der Waals surface area contributed by atoms with E-state index in [-0.39, 0.29) is 24.0 Å². The van der Waals surface area contributed by atoms with E-state index in [1.807, 2.05) is 43.3 Å². The molecular weight excluding hydrogens is 497 g/mol. The molecule has 2 aromatic carbocycles. The minimum atomic E-state index is 0. The Kier molecular flexibility index (Phi) is 9.85. The van der Waals surface area contributed by atoms with E-state index in [0.29, 0.717) is 37.8 Å². The molecule has 0 bridgehead atoms. The number of nitrogens with one attached hydrogen (secondary N) is 2. The second kappa shape index (κ2) is 12.4. The van der Waals surface area contributed by atoms with E-state index in [1.54, 1.807) is 14.2 Å². The summed E-state index contributed by atoms with van der Waals surface area (Å²) in [5.41, 5.74) is 2.14. The number of methoxy groups -OCH3 is 2. The molecule has 0 radical (unpaired) electrons. The summed E-state index contributed by atoms with van der Waals surface area (Å²) in [4.78, 5) is 4.69. The highest BCUT2D eigenvalue weighted by atomic mass is 127. The topological polar surface area (TPSA) is 73.3 Å². The Morgan fingerprint density at radius 1 is 0.933 bits per heavy atom. The van der Waals surface area contributed by atoms with Crippen LogP contribution < -0.4 is 29.6 Å². The molecule has 0 atom stereocenters. The third-order valence-electron chi connectivity index (χ3n) is 4.48. The Balaban J connectivity index is 0.00000320. The van der Waals surface area contributed by atoms with Crippen molar-refractivity contribution < 1.29 is 18.9 Å². The number of hydrogen-bond acceptors (Lipinski definition) is 5. The van der Waals surface area contributed by atoms with E-state index in [9.17, 15) is 0 Å². The lowest BCUT2D eigenvalue weighted by Crippen LogP contribution is -2.36. The molecule has 0 aliphatic carbocycles. The lowest BCUT2D eigenvalue weighted by atomic mass is 10.2. The first-order valence-electron chi connectivity index (χ1n) is 9.85. The average Bonchev–Trinajstić information content (AvgIpc) is 3.00. The van der Waals surface area contributed by atoms with Gasteiger partial charge in [-0.15, -0.1) is 24.0 Å². The summed E-state index contributed by atoms with van der Waals surface area (Å²) >= 11 is 0. The van der Waals surface area contributed by atoms with Crippen molar-refractivity contribution >= 4 is 29.9 Å². The maximum atomic E-state index is 5.76. The first-order valence-corrected chi connectivity index (χ1v) is 9.85. The van der Waals surface area contributed by atoms with Crippen molar-refractivity contribution in [2.24, 2.45) is 4.99 Å². The number of rotatable bonds is 7. The summed E-state index contributed by atoms with van der Waals surface area (Å²) in [7, 11) is 3.27. The van der Waals surface area contributed by atoms with Crippen LogP contribution in [-0.2, 0) is 13.1 Å². The van der Waals surface area contributed by atoms with Crippen molar-refractivity contribution in [1.82, 2.24) is 10.6 Å². The van der Waals surface area contributed by atoms with Crippen LogP contribution in [0.15, 0.2) is 41.4 Å². The molecule has 1 aliphatic rings. The maximum absolute atomic E-state index is 5.76. The van der Waals surface area contributed by atoms with Crippen LogP contribution in [0.4, 0.5) is 0 Å². The van der Waals surface area contributed by atoms with Gasteiger partial charge in [-0.3, -0.25) is 0 Å². The first kappa shape index (κ1) is 23.9. The molecular formula is C22H30IN3O4. The fraction of sp³-hybridized carbons (Fsp3) is 0.409. The number of benzene rings is 2. The van der Waals surface area contributed by atoms with Gasteiger partial charge >= 0.3 is 0 Å². The molecule has 0 aromatic heterocycles. The third kappa shape index (κ3) is 6.58. The van der Waals surface area contributed by atoms with Crippen LogP contribution >= 0.6 is 24.0 Å². The van der Waals surface area contributed by atoms with Gasteiger partial charge in [0.2, 0.25) is 0 Å². The smallest absolute Gasteiger partial charge is 0.191 e. The lowest BCUT2D eigenvalue weighted by Gasteiger charge is -2.13. The standard InChI is InChI=1S/C22H29N3O4.HI/c1-4-23-22(24-14-16-6-8-18(26-2)20(12-16)27-3)25-15-17-7-9-19-21(13-17)29-11-5-10-28-19;/h6-9,12-13H,4-5,10-11,14-15H2,1-3H3,(H2,23,24,25);1H. The molecule has 0 spiro atoms. The van der Waals surface area contributed by atoms with Crippen molar-refractivity contribution in [3.63, 3.8) is 0 Å². The minimum absolute atomic E-state index is 0. The number of nitrogens with zero attached hydrogens (tertiary/aromatic N) is 1. The van der Waals surface area contributed by atoms with Crippen LogP contribution in [0.5, 0.6) is 23.0 Å². The molecule has 0 unspecified atom stereocenters. The van der Waals surface area contributed by atoms with Gasteiger partial charge in [-0.2, -0.15) is 0 Å². The molecule has 1 aliphatic heterocycles. The van der Waals surface area contributed by atoms with E-state index in [0.717, 1.165) is 41.6 Å². The van der Waals surface area contributed by atoms with E-state index in [2.05, 4.69) is 15.6 Å². The molecule has 2 aromatic rings. The highest BCUT2D eigenvalue weighted by Crippen LogP contribution is 2.30. The highest BCUT2D eigenvalue weighted by Gasteiger charge is 2.11. The van der Waals surface area contributed by atoms with Gasteiger partial charge in [0.15, 0.2) is 29.0 Å². The number of hydrogen-bond donors (Lipinski definition) is 2. The number of guanidine groups is 1. The van der Waals surface area contributed by atoms with Gasteiger partial charge in [0.1, 0.15) is 0 Å². The summed E-state index contributed by atoms with van der Waals surface area (Å²) in [6.45, 7) is 5.34. The Labute approximate surface area is 195 Å². The molecule has 0 amide bonds. The Morgan fingerprint density at radius 2 is 1.67 bits per heavy atom. The molecule has 2 N–H and O–H groups in total. The number of ether oxygens (including phenoxy) is 4. The van der Waals surface area contributed by atoms with E-state index in [1.165, 1.54) is 0 Å². The SMILES string of the molecule is CCNC(=NCc1ccc2c(c1)OCCCO2)NCc1ccc(OC)c(OC)c1.I. The summed E-state index contributed by atoms with van der Waals surface area (Å²) < 4.78 is 22.1. The third-order valence-corrected chi connectivity index (χ3v) is 4.48. The maximum Gasteiger partial charge on any atom is 0.191 e. The quantitative estimate of drug-likeness (QED) is 0.325. The number of aliphatic imine (C=N–C) groups is 1. The second-order valence-corrected chi connectivity index (χ2v) is 6.57. The zero-order valence-electron chi connectivity index (χ0n) is 17.7. The predicted octanol–water partition coefficient (Wildman–Crippen LogP) is 3.74. The Morgan fingerprint density at radius 3 is 2.40 bits per heavy atom. The molecule has 30 heavy (non-hydrogen) atoms. The van der Waals surface area contributed by atoms with Crippen molar-refractivity contribution in [3.8, 4) is 23.0 Å². The summed E-state index contributed by atoms with van der Waals surface area (Å²) in [5, 5.41) is 6.63. The lowest BCUT2D eigenvalue weighted by molar-refractivity contribution is 0.297. The zero-order valence-corrected chi connectivity index (χ0v) is 20.0. The van der Waals surface area contributed by atoms with Gasteiger partial charge in [0, 0.05) is 19.5 Å². The Hall–Kier alpha value is -2.36. The molecule has 0 saturated carbocycles.